The second-order valence-corrected chi connectivity index (χ2v) is 5.53. The van der Waals surface area contributed by atoms with Crippen LogP contribution in [0.5, 0.6) is 0 Å². The van der Waals surface area contributed by atoms with Gasteiger partial charge in [0.25, 0.3) is 0 Å². The molecule has 1 fully saturated rings. The highest BCUT2D eigenvalue weighted by Crippen LogP contribution is 2.28. The fourth-order valence-electron chi connectivity index (χ4n) is 2.46. The van der Waals surface area contributed by atoms with Gasteiger partial charge in [-0.3, -0.25) is 9.59 Å². The Bertz CT molecular complexity index is 693. The van der Waals surface area contributed by atoms with Crippen LogP contribution in [0.4, 0.5) is 5.82 Å². The second-order valence-electron chi connectivity index (χ2n) is 5.09. The summed E-state index contributed by atoms with van der Waals surface area (Å²) < 4.78 is 4.93. The Morgan fingerprint density at radius 1 is 1.33 bits per heavy atom. The highest BCUT2D eigenvalue weighted by atomic mass is 35.5. The third kappa shape index (κ3) is 2.69. The van der Waals surface area contributed by atoms with E-state index in [9.17, 15) is 9.59 Å². The van der Waals surface area contributed by atoms with E-state index < -0.39 is 0 Å². The molecule has 0 N–H and O–H groups in total. The molecule has 21 heavy (non-hydrogen) atoms. The number of anilines is 1. The van der Waals surface area contributed by atoms with Gasteiger partial charge in [-0.2, -0.15) is 0 Å². The van der Waals surface area contributed by atoms with Crippen molar-refractivity contribution in [1.82, 2.24) is 5.16 Å². The number of hydrogen-bond acceptors (Lipinski definition) is 4. The monoisotopic (exact) mass is 304 g/mol. The smallest absolute Gasteiger partial charge is 0.239 e. The molecule has 0 bridgehead atoms. The van der Waals surface area contributed by atoms with Crippen LogP contribution in [0.1, 0.15) is 17.7 Å². The number of hydrogen-bond donors (Lipinski definition) is 0. The predicted octanol–water partition coefficient (Wildman–Crippen LogP) is 2.76. The zero-order valence-electron chi connectivity index (χ0n) is 11.4. The first kappa shape index (κ1) is 13.8. The van der Waals surface area contributed by atoms with Crippen molar-refractivity contribution < 1.29 is 14.1 Å². The molecule has 0 saturated carbocycles. The van der Waals surface area contributed by atoms with Gasteiger partial charge < -0.3 is 4.52 Å². The zero-order valence-corrected chi connectivity index (χ0v) is 12.1. The molecule has 2 heterocycles. The Morgan fingerprint density at radius 2 is 2.05 bits per heavy atom. The van der Waals surface area contributed by atoms with E-state index in [-0.39, 0.29) is 30.0 Å². The first-order chi connectivity index (χ1) is 10.0. The minimum atomic E-state index is -0.365. The molecular formula is C15H13ClN2O3. The van der Waals surface area contributed by atoms with Gasteiger partial charge in [-0.05, 0) is 31.0 Å². The van der Waals surface area contributed by atoms with Crippen molar-refractivity contribution in [2.75, 3.05) is 4.90 Å². The number of benzene rings is 1. The summed E-state index contributed by atoms with van der Waals surface area (Å²) in [5.74, 6) is -0.0148. The van der Waals surface area contributed by atoms with Crippen LogP contribution in [-0.4, -0.2) is 17.0 Å². The second kappa shape index (κ2) is 5.33. The van der Waals surface area contributed by atoms with Gasteiger partial charge in [-0.15, -0.1) is 0 Å². The molecule has 0 spiro atoms. The molecule has 5 nitrogen and oxygen atoms in total. The average Bonchev–Trinajstić information content (AvgIpc) is 2.97. The fourth-order valence-corrected chi connectivity index (χ4v) is 2.58. The maximum atomic E-state index is 12.4. The van der Waals surface area contributed by atoms with Gasteiger partial charge in [-0.1, -0.05) is 28.9 Å². The van der Waals surface area contributed by atoms with E-state index in [1.54, 1.807) is 25.1 Å². The molecule has 0 radical (unpaired) electrons. The molecule has 1 atom stereocenters. The Morgan fingerprint density at radius 3 is 2.67 bits per heavy atom. The van der Waals surface area contributed by atoms with Gasteiger partial charge in [0.1, 0.15) is 5.76 Å². The Balaban J connectivity index is 1.78. The van der Waals surface area contributed by atoms with Crippen LogP contribution in [0.3, 0.4) is 0 Å². The van der Waals surface area contributed by atoms with Gasteiger partial charge in [0, 0.05) is 17.5 Å². The number of amides is 2. The van der Waals surface area contributed by atoms with E-state index in [1.165, 1.54) is 0 Å². The third-order valence-corrected chi connectivity index (χ3v) is 3.73. The van der Waals surface area contributed by atoms with Gasteiger partial charge >= 0.3 is 0 Å². The van der Waals surface area contributed by atoms with E-state index in [2.05, 4.69) is 5.16 Å². The Labute approximate surface area is 126 Å². The molecule has 2 amide bonds. The van der Waals surface area contributed by atoms with Gasteiger partial charge in [0.2, 0.25) is 11.8 Å². The summed E-state index contributed by atoms with van der Waals surface area (Å²) in [6.45, 7) is 1.71. The minimum absolute atomic E-state index is 0.188. The SMILES string of the molecule is Cc1cc(N2C(=O)C[C@H](Cc3ccc(Cl)cc3)C2=O)no1. The molecule has 0 aliphatic carbocycles. The molecule has 108 valence electrons. The van der Waals surface area contributed by atoms with E-state index in [4.69, 9.17) is 16.1 Å². The number of carbonyl (C=O) groups excluding carboxylic acids is 2. The first-order valence-electron chi connectivity index (χ1n) is 6.59. The molecule has 1 aromatic heterocycles. The van der Waals surface area contributed by atoms with Crippen LogP contribution in [0, 0.1) is 12.8 Å². The number of rotatable bonds is 3. The lowest BCUT2D eigenvalue weighted by Crippen LogP contribution is -2.31. The molecule has 2 aromatic rings. The van der Waals surface area contributed by atoms with Crippen molar-refractivity contribution in [3.63, 3.8) is 0 Å². The highest BCUT2D eigenvalue weighted by molar-refractivity contribution is 6.30. The number of nitrogens with zero attached hydrogens (tertiary/aromatic N) is 2. The summed E-state index contributed by atoms with van der Waals surface area (Å²) in [4.78, 5) is 25.6. The molecule has 1 aliphatic heterocycles. The standard InChI is InChI=1S/C15H13ClN2O3/c1-9-6-13(17-21-9)18-14(19)8-11(15(18)20)7-10-2-4-12(16)5-3-10/h2-6,11H,7-8H2,1H3/t11-/m0/s1. The summed E-state index contributed by atoms with van der Waals surface area (Å²) >= 11 is 5.84. The van der Waals surface area contributed by atoms with Crippen LogP contribution < -0.4 is 4.90 Å². The number of aryl methyl sites for hydroxylation is 1. The minimum Gasteiger partial charge on any atom is -0.360 e. The quantitative estimate of drug-likeness (QED) is 0.818. The van der Waals surface area contributed by atoms with Crippen molar-refractivity contribution >= 4 is 29.2 Å². The molecular weight excluding hydrogens is 292 g/mol. The van der Waals surface area contributed by atoms with E-state index in [0.29, 0.717) is 17.2 Å². The summed E-state index contributed by atoms with van der Waals surface area (Å²) in [6, 6.07) is 8.86. The van der Waals surface area contributed by atoms with Gasteiger partial charge in [-0.25, -0.2) is 4.90 Å². The average molecular weight is 305 g/mol. The molecule has 6 heteroatoms. The van der Waals surface area contributed by atoms with E-state index in [1.807, 2.05) is 12.1 Å². The predicted molar refractivity (Wildman–Crippen MR) is 77.0 cm³/mol. The summed E-state index contributed by atoms with van der Waals surface area (Å²) in [5.41, 5.74) is 0.976. The van der Waals surface area contributed by atoms with Crippen molar-refractivity contribution in [2.24, 2.45) is 5.92 Å². The summed E-state index contributed by atoms with van der Waals surface area (Å²) in [7, 11) is 0. The number of carbonyl (C=O) groups is 2. The van der Waals surface area contributed by atoms with Crippen molar-refractivity contribution in [1.29, 1.82) is 0 Å². The summed E-state index contributed by atoms with van der Waals surface area (Å²) in [6.07, 6.45) is 0.697. The lowest BCUT2D eigenvalue weighted by molar-refractivity contribution is -0.122. The van der Waals surface area contributed by atoms with Crippen LogP contribution in [0.15, 0.2) is 34.9 Å². The van der Waals surface area contributed by atoms with Crippen LogP contribution in [-0.2, 0) is 16.0 Å². The van der Waals surface area contributed by atoms with Gasteiger partial charge in [0.05, 0.1) is 5.92 Å². The maximum absolute atomic E-state index is 12.4. The third-order valence-electron chi connectivity index (χ3n) is 3.48. The lowest BCUT2D eigenvalue weighted by atomic mass is 9.98. The molecule has 1 saturated heterocycles. The van der Waals surface area contributed by atoms with Crippen LogP contribution in [0.25, 0.3) is 0 Å². The fraction of sp³-hybridized carbons (Fsp3) is 0.267. The normalized spacial score (nSPS) is 18.6. The molecule has 1 aliphatic rings. The van der Waals surface area contributed by atoms with Crippen molar-refractivity contribution in [2.45, 2.75) is 19.8 Å². The number of aromatic nitrogens is 1. The van der Waals surface area contributed by atoms with Crippen LogP contribution in [0.2, 0.25) is 5.02 Å². The molecule has 3 rings (SSSR count). The van der Waals surface area contributed by atoms with Crippen molar-refractivity contribution in [3.05, 3.63) is 46.7 Å². The topological polar surface area (TPSA) is 63.4 Å². The molecule has 0 unspecified atom stereocenters. The Hall–Kier alpha value is -2.14. The highest BCUT2D eigenvalue weighted by Gasteiger charge is 2.40. The number of halogens is 1. The Kier molecular flexibility index (Phi) is 3.51. The van der Waals surface area contributed by atoms with E-state index in [0.717, 1.165) is 10.5 Å². The summed E-state index contributed by atoms with van der Waals surface area (Å²) in [5, 5.41) is 4.39. The van der Waals surface area contributed by atoms with Crippen LogP contribution >= 0.6 is 11.6 Å². The largest absolute Gasteiger partial charge is 0.360 e. The van der Waals surface area contributed by atoms with Crippen molar-refractivity contribution in [3.8, 4) is 0 Å². The number of imide groups is 1. The maximum Gasteiger partial charge on any atom is 0.239 e. The van der Waals surface area contributed by atoms with Gasteiger partial charge in [0.15, 0.2) is 5.82 Å². The lowest BCUT2D eigenvalue weighted by Gasteiger charge is -2.11. The van der Waals surface area contributed by atoms with E-state index >= 15 is 0 Å². The first-order valence-corrected chi connectivity index (χ1v) is 6.97. The molecule has 1 aromatic carbocycles. The zero-order chi connectivity index (χ0) is 15.0.